The van der Waals surface area contributed by atoms with E-state index < -0.39 is 0 Å². The highest BCUT2D eigenvalue weighted by molar-refractivity contribution is 5.82. The van der Waals surface area contributed by atoms with Crippen LogP contribution in [-0.2, 0) is 17.9 Å². The Morgan fingerprint density at radius 3 is 2.59 bits per heavy atom. The first-order valence-corrected chi connectivity index (χ1v) is 9.02. The van der Waals surface area contributed by atoms with Crippen LogP contribution in [0.5, 0.6) is 11.5 Å². The monoisotopic (exact) mass is 372 g/mol. The molecule has 0 aromatic heterocycles. The van der Waals surface area contributed by atoms with E-state index >= 15 is 0 Å². The molecule has 1 aliphatic heterocycles. The van der Waals surface area contributed by atoms with Crippen LogP contribution in [0.25, 0.3) is 0 Å². The van der Waals surface area contributed by atoms with Gasteiger partial charge in [-0.05, 0) is 19.1 Å². The molecule has 1 aliphatic rings. The molecule has 1 saturated heterocycles. The second-order valence-corrected chi connectivity index (χ2v) is 6.73. The van der Waals surface area contributed by atoms with Crippen molar-refractivity contribution in [2.45, 2.75) is 26.1 Å². The highest BCUT2D eigenvalue weighted by Crippen LogP contribution is 2.33. The fraction of sp³-hybridized carbons (Fsp3) is 0.381. The predicted octanol–water partition coefficient (Wildman–Crippen LogP) is 3.08. The molecule has 2 aromatic carbocycles. The van der Waals surface area contributed by atoms with Gasteiger partial charge in [0, 0.05) is 37.8 Å². The summed E-state index contributed by atoms with van der Waals surface area (Å²) in [4.78, 5) is 16.1. The Morgan fingerprint density at radius 2 is 1.85 bits per heavy atom. The number of nitrogens with zero attached hydrogens (tertiary/aromatic N) is 2. The quantitative estimate of drug-likeness (QED) is 0.782. The van der Waals surface area contributed by atoms with Crippen molar-refractivity contribution in [1.82, 2.24) is 9.80 Å². The van der Waals surface area contributed by atoms with Gasteiger partial charge in [-0.1, -0.05) is 30.3 Å². The van der Waals surface area contributed by atoms with Crippen LogP contribution in [-0.4, -0.2) is 49.0 Å². The molecule has 2 aromatic rings. The molecular formula is C21H25FN2O3. The van der Waals surface area contributed by atoms with Gasteiger partial charge in [-0.25, -0.2) is 4.39 Å². The Morgan fingerprint density at radius 1 is 1.11 bits per heavy atom. The third-order valence-electron chi connectivity index (χ3n) is 4.99. The van der Waals surface area contributed by atoms with E-state index in [0.29, 0.717) is 30.2 Å². The average Bonchev–Trinajstić information content (AvgIpc) is 2.68. The molecule has 0 saturated carbocycles. The van der Waals surface area contributed by atoms with E-state index in [9.17, 15) is 9.18 Å². The van der Waals surface area contributed by atoms with Crippen LogP contribution in [0.3, 0.4) is 0 Å². The molecule has 0 spiro atoms. The molecule has 1 atom stereocenters. The van der Waals surface area contributed by atoms with E-state index in [1.54, 1.807) is 30.2 Å². The standard InChI is InChI=1S/C21H25FN2O3/c1-15-21(25)23(2)11-12-24(15)13-16-8-6-10-19(26-3)20(16)27-14-17-7-4-5-9-18(17)22/h4-10,15H,11-14H2,1-3H3. The van der Waals surface area contributed by atoms with Gasteiger partial charge in [-0.3, -0.25) is 9.69 Å². The van der Waals surface area contributed by atoms with E-state index in [-0.39, 0.29) is 24.4 Å². The number of benzene rings is 2. The lowest BCUT2D eigenvalue weighted by molar-refractivity contribution is -0.139. The molecule has 6 heteroatoms. The topological polar surface area (TPSA) is 42.0 Å². The van der Waals surface area contributed by atoms with E-state index in [1.807, 2.05) is 32.2 Å². The number of carbonyl (C=O) groups excluding carboxylic acids is 1. The van der Waals surface area contributed by atoms with Gasteiger partial charge in [0.1, 0.15) is 12.4 Å². The molecule has 0 aliphatic carbocycles. The number of halogens is 1. The number of carbonyl (C=O) groups is 1. The molecule has 0 bridgehead atoms. The van der Waals surface area contributed by atoms with Gasteiger partial charge < -0.3 is 14.4 Å². The van der Waals surface area contributed by atoms with Crippen molar-refractivity contribution in [2.75, 3.05) is 27.2 Å². The zero-order chi connectivity index (χ0) is 19.4. The van der Waals surface area contributed by atoms with Crippen molar-refractivity contribution in [1.29, 1.82) is 0 Å². The number of likely N-dealkylation sites (N-methyl/N-ethyl adjacent to an activating group) is 1. The van der Waals surface area contributed by atoms with E-state index in [1.165, 1.54) is 6.07 Å². The van der Waals surface area contributed by atoms with Gasteiger partial charge >= 0.3 is 0 Å². The maximum atomic E-state index is 13.9. The summed E-state index contributed by atoms with van der Waals surface area (Å²) in [5.41, 5.74) is 1.40. The molecule has 1 amide bonds. The third-order valence-corrected chi connectivity index (χ3v) is 4.99. The summed E-state index contributed by atoms with van der Waals surface area (Å²) < 4.78 is 25.3. The van der Waals surface area contributed by atoms with Crippen molar-refractivity contribution in [2.24, 2.45) is 0 Å². The first-order valence-electron chi connectivity index (χ1n) is 9.02. The molecule has 1 unspecified atom stereocenters. The van der Waals surface area contributed by atoms with Crippen molar-refractivity contribution >= 4 is 5.91 Å². The number of rotatable bonds is 6. The van der Waals surface area contributed by atoms with Gasteiger partial charge in [-0.15, -0.1) is 0 Å². The molecule has 5 nitrogen and oxygen atoms in total. The van der Waals surface area contributed by atoms with Crippen molar-refractivity contribution in [3.8, 4) is 11.5 Å². The summed E-state index contributed by atoms with van der Waals surface area (Å²) in [7, 11) is 3.40. The fourth-order valence-electron chi connectivity index (χ4n) is 3.27. The van der Waals surface area contributed by atoms with E-state index in [4.69, 9.17) is 9.47 Å². The predicted molar refractivity (Wildman–Crippen MR) is 101 cm³/mol. The zero-order valence-corrected chi connectivity index (χ0v) is 15.9. The fourth-order valence-corrected chi connectivity index (χ4v) is 3.27. The normalized spacial score (nSPS) is 17.9. The average molecular weight is 372 g/mol. The largest absolute Gasteiger partial charge is 0.493 e. The minimum absolute atomic E-state index is 0.108. The summed E-state index contributed by atoms with van der Waals surface area (Å²) in [6, 6.07) is 12.0. The zero-order valence-electron chi connectivity index (χ0n) is 15.9. The van der Waals surface area contributed by atoms with Crippen molar-refractivity contribution in [3.05, 3.63) is 59.4 Å². The van der Waals surface area contributed by atoms with E-state index in [0.717, 1.165) is 12.1 Å². The summed E-state index contributed by atoms with van der Waals surface area (Å²) >= 11 is 0. The summed E-state index contributed by atoms with van der Waals surface area (Å²) in [6.07, 6.45) is 0. The molecular weight excluding hydrogens is 347 g/mol. The number of hydrogen-bond acceptors (Lipinski definition) is 4. The lowest BCUT2D eigenvalue weighted by Gasteiger charge is -2.37. The Kier molecular flexibility index (Phi) is 5.96. The molecule has 1 fully saturated rings. The minimum atomic E-state index is -0.299. The van der Waals surface area contributed by atoms with Crippen LogP contribution in [0.1, 0.15) is 18.1 Å². The van der Waals surface area contributed by atoms with Gasteiger partial charge in [0.15, 0.2) is 11.5 Å². The number of amides is 1. The highest BCUT2D eigenvalue weighted by Gasteiger charge is 2.30. The number of methoxy groups -OCH3 is 1. The Hall–Kier alpha value is -2.60. The molecule has 0 radical (unpaired) electrons. The minimum Gasteiger partial charge on any atom is -0.493 e. The third kappa shape index (κ3) is 4.22. The smallest absolute Gasteiger partial charge is 0.239 e. The summed E-state index contributed by atoms with van der Waals surface area (Å²) in [5.74, 6) is 0.990. The Balaban J connectivity index is 1.81. The first-order chi connectivity index (χ1) is 13.0. The van der Waals surface area contributed by atoms with Crippen molar-refractivity contribution in [3.63, 3.8) is 0 Å². The maximum absolute atomic E-state index is 13.9. The summed E-state index contributed by atoms with van der Waals surface area (Å²) in [5, 5.41) is 0. The summed E-state index contributed by atoms with van der Waals surface area (Å²) in [6.45, 7) is 4.06. The van der Waals surface area contributed by atoms with Crippen LogP contribution in [0.2, 0.25) is 0 Å². The molecule has 1 heterocycles. The number of ether oxygens (including phenoxy) is 2. The van der Waals surface area contributed by atoms with Crippen LogP contribution < -0.4 is 9.47 Å². The second-order valence-electron chi connectivity index (χ2n) is 6.73. The first kappa shape index (κ1) is 19.2. The van der Waals surface area contributed by atoms with Crippen molar-refractivity contribution < 1.29 is 18.7 Å². The highest BCUT2D eigenvalue weighted by atomic mass is 19.1. The SMILES string of the molecule is COc1cccc(CN2CCN(C)C(=O)C2C)c1OCc1ccccc1F. The van der Waals surface area contributed by atoms with Gasteiger partial charge in [-0.2, -0.15) is 0 Å². The second kappa shape index (κ2) is 8.39. The Bertz CT molecular complexity index is 812. The maximum Gasteiger partial charge on any atom is 0.239 e. The number of hydrogen-bond donors (Lipinski definition) is 0. The van der Waals surface area contributed by atoms with Gasteiger partial charge in [0.05, 0.1) is 13.2 Å². The molecule has 27 heavy (non-hydrogen) atoms. The lowest BCUT2D eigenvalue weighted by atomic mass is 10.1. The molecule has 3 rings (SSSR count). The molecule has 0 N–H and O–H groups in total. The van der Waals surface area contributed by atoms with E-state index in [2.05, 4.69) is 4.90 Å². The lowest BCUT2D eigenvalue weighted by Crippen LogP contribution is -2.53. The number of para-hydroxylation sites is 1. The molecule has 144 valence electrons. The van der Waals surface area contributed by atoms with Crippen LogP contribution in [0.4, 0.5) is 4.39 Å². The van der Waals surface area contributed by atoms with Gasteiger partial charge in [0.25, 0.3) is 0 Å². The number of piperazine rings is 1. The van der Waals surface area contributed by atoms with Gasteiger partial charge in [0.2, 0.25) is 5.91 Å². The Labute approximate surface area is 159 Å². The van der Waals surface area contributed by atoms with Crippen LogP contribution in [0.15, 0.2) is 42.5 Å². The van der Waals surface area contributed by atoms with Crippen LogP contribution in [0, 0.1) is 5.82 Å². The van der Waals surface area contributed by atoms with Crippen LogP contribution >= 0.6 is 0 Å².